The molecule has 1 heterocycles. The van der Waals surface area contributed by atoms with Crippen LogP contribution in [0, 0.1) is 17.2 Å². The van der Waals surface area contributed by atoms with Crippen molar-refractivity contribution in [2.45, 2.75) is 39.0 Å². The maximum Gasteiger partial charge on any atom is 0.205 e. The fourth-order valence-corrected chi connectivity index (χ4v) is 3.08. The van der Waals surface area contributed by atoms with Gasteiger partial charge in [-0.05, 0) is 42.3 Å². The first-order valence-corrected chi connectivity index (χ1v) is 8.96. The fourth-order valence-electron chi connectivity index (χ4n) is 3.08. The first-order valence-electron chi connectivity index (χ1n) is 8.96. The van der Waals surface area contributed by atoms with E-state index in [2.05, 4.69) is 28.3 Å². The van der Waals surface area contributed by atoms with E-state index >= 15 is 0 Å². The number of anilines is 2. The number of nitrogens with one attached hydrogen (secondary N) is 2. The van der Waals surface area contributed by atoms with Gasteiger partial charge in [-0.25, -0.2) is 4.98 Å². The lowest BCUT2D eigenvalue weighted by molar-refractivity contribution is 0.385. The van der Waals surface area contributed by atoms with E-state index < -0.39 is 0 Å². The van der Waals surface area contributed by atoms with E-state index in [1.54, 1.807) is 12.1 Å². The van der Waals surface area contributed by atoms with Gasteiger partial charge in [0.1, 0.15) is 0 Å². The monoisotopic (exact) mass is 332 g/mol. The average molecular weight is 332 g/mol. The second kappa shape index (κ2) is 8.34. The van der Waals surface area contributed by atoms with Crippen molar-refractivity contribution in [3.05, 3.63) is 54.1 Å². The molecule has 0 bridgehead atoms. The molecule has 1 fully saturated rings. The molecule has 0 aliphatic heterocycles. The van der Waals surface area contributed by atoms with E-state index in [1.165, 1.54) is 32.1 Å². The summed E-state index contributed by atoms with van der Waals surface area (Å²) >= 11 is 0. The number of aromatic nitrogens is 2. The van der Waals surface area contributed by atoms with Crippen LogP contribution in [-0.2, 0) is 0 Å². The van der Waals surface area contributed by atoms with Crippen LogP contribution in [0.5, 0.6) is 0 Å². The zero-order valence-corrected chi connectivity index (χ0v) is 14.6. The van der Waals surface area contributed by atoms with Crippen LogP contribution >= 0.6 is 0 Å². The number of fused-ring (bicyclic) bond motifs is 1. The molecule has 4 rings (SSSR count). The van der Waals surface area contributed by atoms with Crippen LogP contribution in [0.3, 0.4) is 0 Å². The summed E-state index contributed by atoms with van der Waals surface area (Å²) in [6.07, 6.45) is 7.44. The summed E-state index contributed by atoms with van der Waals surface area (Å²) in [7, 11) is 0. The Morgan fingerprint density at radius 3 is 2.36 bits per heavy atom. The highest BCUT2D eigenvalue weighted by Crippen LogP contribution is 2.22. The molecule has 0 amide bonds. The van der Waals surface area contributed by atoms with Gasteiger partial charge in [0.25, 0.3) is 0 Å². The molecular weight excluding hydrogens is 308 g/mol. The van der Waals surface area contributed by atoms with Crippen molar-refractivity contribution in [1.82, 2.24) is 9.97 Å². The molecular formula is C21H24N4. The predicted molar refractivity (Wildman–Crippen MR) is 103 cm³/mol. The van der Waals surface area contributed by atoms with Crippen LogP contribution in [0.15, 0.2) is 48.5 Å². The van der Waals surface area contributed by atoms with E-state index in [1.807, 2.05) is 36.4 Å². The SMILES string of the molecule is CC1CCCCC1.N#Cc1ccc(Nc2nc3ccccc3[nH]2)cc1. The summed E-state index contributed by atoms with van der Waals surface area (Å²) in [6.45, 7) is 2.36. The average Bonchev–Trinajstić information content (AvgIpc) is 3.06. The first kappa shape index (κ1) is 17.0. The highest BCUT2D eigenvalue weighted by atomic mass is 15.1. The number of para-hydroxylation sites is 2. The number of nitrogens with zero attached hydrogens (tertiary/aromatic N) is 2. The summed E-state index contributed by atoms with van der Waals surface area (Å²) in [6, 6.07) is 17.2. The van der Waals surface area contributed by atoms with Crippen LogP contribution in [-0.4, -0.2) is 9.97 Å². The van der Waals surface area contributed by atoms with Gasteiger partial charge in [-0.2, -0.15) is 5.26 Å². The molecule has 1 aliphatic rings. The molecule has 4 nitrogen and oxygen atoms in total. The first-order chi connectivity index (χ1) is 12.2. The lowest BCUT2D eigenvalue weighted by Crippen LogP contribution is -1.99. The molecule has 1 aromatic heterocycles. The van der Waals surface area contributed by atoms with E-state index in [0.29, 0.717) is 11.5 Å². The quantitative estimate of drug-likeness (QED) is 0.626. The minimum Gasteiger partial charge on any atom is -0.326 e. The molecule has 0 radical (unpaired) electrons. The van der Waals surface area contributed by atoms with Crippen LogP contribution in [0.25, 0.3) is 11.0 Å². The molecule has 0 atom stereocenters. The number of rotatable bonds is 2. The third-order valence-electron chi connectivity index (χ3n) is 4.56. The Kier molecular flexibility index (Phi) is 5.69. The number of hydrogen-bond donors (Lipinski definition) is 2. The van der Waals surface area contributed by atoms with Crippen molar-refractivity contribution in [3.8, 4) is 6.07 Å². The summed E-state index contributed by atoms with van der Waals surface area (Å²) in [5, 5.41) is 11.9. The van der Waals surface area contributed by atoms with Gasteiger partial charge in [0.15, 0.2) is 0 Å². The Balaban J connectivity index is 0.000000219. The van der Waals surface area contributed by atoms with Gasteiger partial charge < -0.3 is 10.3 Å². The number of nitriles is 1. The molecule has 128 valence electrons. The normalized spacial score (nSPS) is 14.4. The smallest absolute Gasteiger partial charge is 0.205 e. The summed E-state index contributed by atoms with van der Waals surface area (Å²) in [5.74, 6) is 1.73. The molecule has 0 saturated heterocycles. The van der Waals surface area contributed by atoms with Gasteiger partial charge in [0.05, 0.1) is 22.7 Å². The third kappa shape index (κ3) is 4.84. The van der Waals surface area contributed by atoms with Gasteiger partial charge in [-0.1, -0.05) is 51.2 Å². The van der Waals surface area contributed by atoms with Gasteiger partial charge in [0.2, 0.25) is 5.95 Å². The van der Waals surface area contributed by atoms with Gasteiger partial charge in [-0.3, -0.25) is 0 Å². The summed E-state index contributed by atoms with van der Waals surface area (Å²) < 4.78 is 0. The Morgan fingerprint density at radius 2 is 1.76 bits per heavy atom. The largest absolute Gasteiger partial charge is 0.326 e. The highest BCUT2D eigenvalue weighted by Gasteiger charge is 2.06. The second-order valence-corrected chi connectivity index (χ2v) is 6.66. The number of hydrogen-bond acceptors (Lipinski definition) is 3. The predicted octanol–water partition coefficient (Wildman–Crippen LogP) is 5.76. The Morgan fingerprint density at radius 1 is 1.04 bits per heavy atom. The van der Waals surface area contributed by atoms with Gasteiger partial charge in [0, 0.05) is 5.69 Å². The standard InChI is InChI=1S/C14H10N4.C7H14/c15-9-10-5-7-11(8-6-10)16-14-17-12-3-1-2-4-13(12)18-14;1-7-5-3-2-4-6-7/h1-8H,(H2,16,17,18);7H,2-6H2,1H3. The fraction of sp³-hybridized carbons (Fsp3) is 0.333. The Bertz CT molecular complexity index is 803. The van der Waals surface area contributed by atoms with Crippen molar-refractivity contribution in [2.24, 2.45) is 5.92 Å². The molecule has 1 saturated carbocycles. The molecule has 25 heavy (non-hydrogen) atoms. The summed E-state index contributed by atoms with van der Waals surface area (Å²) in [5.41, 5.74) is 3.46. The van der Waals surface area contributed by atoms with E-state index in [-0.39, 0.29) is 0 Å². The minimum atomic E-state index is 0.644. The molecule has 4 heteroatoms. The van der Waals surface area contributed by atoms with Crippen molar-refractivity contribution in [3.63, 3.8) is 0 Å². The summed E-state index contributed by atoms with van der Waals surface area (Å²) in [4.78, 5) is 7.60. The molecule has 3 aromatic rings. The molecule has 2 N–H and O–H groups in total. The molecule has 2 aromatic carbocycles. The van der Waals surface area contributed by atoms with Gasteiger partial charge in [-0.15, -0.1) is 0 Å². The maximum atomic E-state index is 8.72. The van der Waals surface area contributed by atoms with Crippen LogP contribution in [0.4, 0.5) is 11.6 Å². The van der Waals surface area contributed by atoms with E-state index in [9.17, 15) is 0 Å². The van der Waals surface area contributed by atoms with Crippen LogP contribution < -0.4 is 5.32 Å². The van der Waals surface area contributed by atoms with Crippen molar-refractivity contribution >= 4 is 22.7 Å². The topological polar surface area (TPSA) is 64.5 Å². The van der Waals surface area contributed by atoms with Crippen LogP contribution in [0.1, 0.15) is 44.6 Å². The lowest BCUT2D eigenvalue weighted by Gasteiger charge is -2.15. The van der Waals surface area contributed by atoms with E-state index in [0.717, 1.165) is 22.6 Å². The van der Waals surface area contributed by atoms with Crippen molar-refractivity contribution in [2.75, 3.05) is 5.32 Å². The molecule has 0 unspecified atom stereocenters. The number of imidazole rings is 1. The van der Waals surface area contributed by atoms with Crippen molar-refractivity contribution in [1.29, 1.82) is 5.26 Å². The van der Waals surface area contributed by atoms with Crippen molar-refractivity contribution < 1.29 is 0 Å². The zero-order chi connectivity index (χ0) is 17.5. The molecule has 0 spiro atoms. The Labute approximate surface area is 148 Å². The van der Waals surface area contributed by atoms with Crippen LogP contribution in [0.2, 0.25) is 0 Å². The lowest BCUT2D eigenvalue weighted by atomic mass is 9.91. The highest BCUT2D eigenvalue weighted by molar-refractivity contribution is 5.78. The Hall–Kier alpha value is -2.80. The number of aromatic amines is 1. The maximum absolute atomic E-state index is 8.72. The number of H-pyrrole nitrogens is 1. The minimum absolute atomic E-state index is 0.644. The zero-order valence-electron chi connectivity index (χ0n) is 14.6. The molecule has 1 aliphatic carbocycles. The third-order valence-corrected chi connectivity index (χ3v) is 4.56. The van der Waals surface area contributed by atoms with Gasteiger partial charge >= 0.3 is 0 Å². The number of benzene rings is 2. The second-order valence-electron chi connectivity index (χ2n) is 6.66. The van der Waals surface area contributed by atoms with E-state index in [4.69, 9.17) is 5.26 Å².